The minimum absolute atomic E-state index is 0.0817. The van der Waals surface area contributed by atoms with Crippen LogP contribution in [0.25, 0.3) is 0 Å². The van der Waals surface area contributed by atoms with Crippen LogP contribution in [-0.4, -0.2) is 40.0 Å². The quantitative estimate of drug-likeness (QED) is 0.559. The van der Waals surface area contributed by atoms with Gasteiger partial charge in [-0.25, -0.2) is 8.42 Å². The molecule has 0 saturated heterocycles. The van der Waals surface area contributed by atoms with Gasteiger partial charge in [0.1, 0.15) is 0 Å². The molecule has 0 aliphatic rings. The van der Waals surface area contributed by atoms with Crippen molar-refractivity contribution in [3.8, 4) is 11.5 Å². The molecule has 0 bridgehead atoms. The van der Waals surface area contributed by atoms with E-state index in [1.54, 1.807) is 18.2 Å². The molecule has 1 atom stereocenters. The van der Waals surface area contributed by atoms with Crippen molar-refractivity contribution in [2.75, 3.05) is 36.1 Å². The van der Waals surface area contributed by atoms with Gasteiger partial charge in [-0.05, 0) is 68.9 Å². The Kier molecular flexibility index (Phi) is 8.31. The smallest absolute Gasteiger partial charge is 0.231 e. The Bertz CT molecular complexity index is 980. The van der Waals surface area contributed by atoms with Crippen molar-refractivity contribution >= 4 is 38.7 Å². The SMILES string of the molecule is CCOc1ccc(C(C)NC(=S)Nc2cccc(N(C)S(C)(=O)=O)c2)cc1OCC. The summed E-state index contributed by atoms with van der Waals surface area (Å²) in [6.45, 7) is 6.96. The first-order valence-corrected chi connectivity index (χ1v) is 11.9. The lowest BCUT2D eigenvalue weighted by Gasteiger charge is -2.20. The Balaban J connectivity index is 2.09. The van der Waals surface area contributed by atoms with Gasteiger partial charge in [0.25, 0.3) is 0 Å². The molecule has 0 spiro atoms. The van der Waals surface area contributed by atoms with Crippen molar-refractivity contribution in [3.05, 3.63) is 48.0 Å². The molecular formula is C21H29N3O4S2. The van der Waals surface area contributed by atoms with Crippen molar-refractivity contribution in [2.24, 2.45) is 0 Å². The minimum Gasteiger partial charge on any atom is -0.490 e. The second-order valence-corrected chi connectivity index (χ2v) is 9.10. The molecule has 9 heteroatoms. The number of anilines is 2. The molecule has 0 amide bonds. The van der Waals surface area contributed by atoms with Crippen molar-refractivity contribution in [2.45, 2.75) is 26.8 Å². The van der Waals surface area contributed by atoms with Gasteiger partial charge in [0, 0.05) is 12.7 Å². The van der Waals surface area contributed by atoms with Gasteiger partial charge in [-0.15, -0.1) is 0 Å². The fourth-order valence-electron chi connectivity index (χ4n) is 2.76. The summed E-state index contributed by atoms with van der Waals surface area (Å²) in [7, 11) is -1.83. The molecule has 0 fully saturated rings. The lowest BCUT2D eigenvalue weighted by molar-refractivity contribution is 0.287. The van der Waals surface area contributed by atoms with E-state index >= 15 is 0 Å². The number of rotatable bonds is 9. The zero-order chi connectivity index (χ0) is 22.3. The van der Waals surface area contributed by atoms with Crippen LogP contribution in [0, 0.1) is 0 Å². The molecule has 0 aromatic heterocycles. The van der Waals surface area contributed by atoms with Gasteiger partial charge in [-0.3, -0.25) is 4.31 Å². The van der Waals surface area contributed by atoms with Gasteiger partial charge in [-0.2, -0.15) is 0 Å². The molecule has 164 valence electrons. The van der Waals surface area contributed by atoms with Crippen LogP contribution >= 0.6 is 12.2 Å². The normalized spacial score (nSPS) is 12.0. The van der Waals surface area contributed by atoms with Crippen molar-refractivity contribution < 1.29 is 17.9 Å². The highest BCUT2D eigenvalue weighted by Crippen LogP contribution is 2.30. The van der Waals surface area contributed by atoms with Gasteiger partial charge in [0.2, 0.25) is 10.0 Å². The predicted molar refractivity (Wildman–Crippen MR) is 126 cm³/mol. The van der Waals surface area contributed by atoms with E-state index in [0.29, 0.717) is 41.2 Å². The van der Waals surface area contributed by atoms with E-state index < -0.39 is 10.0 Å². The second-order valence-electron chi connectivity index (χ2n) is 6.67. The Morgan fingerprint density at radius 1 is 1.10 bits per heavy atom. The first kappa shape index (κ1) is 23.8. The van der Waals surface area contributed by atoms with Gasteiger partial charge in [0.15, 0.2) is 16.6 Å². The number of benzene rings is 2. The van der Waals surface area contributed by atoms with E-state index in [4.69, 9.17) is 21.7 Å². The number of hydrogen-bond acceptors (Lipinski definition) is 5. The fraction of sp³-hybridized carbons (Fsp3) is 0.381. The summed E-state index contributed by atoms with van der Waals surface area (Å²) in [6.07, 6.45) is 1.16. The highest BCUT2D eigenvalue weighted by Gasteiger charge is 2.14. The zero-order valence-electron chi connectivity index (χ0n) is 17.9. The molecule has 1 unspecified atom stereocenters. The third kappa shape index (κ3) is 6.50. The molecule has 0 aliphatic heterocycles. The molecule has 0 aliphatic carbocycles. The molecule has 0 heterocycles. The van der Waals surface area contributed by atoms with Crippen LogP contribution in [0.1, 0.15) is 32.4 Å². The number of hydrogen-bond donors (Lipinski definition) is 2. The van der Waals surface area contributed by atoms with E-state index in [1.165, 1.54) is 11.4 Å². The molecule has 30 heavy (non-hydrogen) atoms. The number of thiocarbonyl (C=S) groups is 1. The minimum atomic E-state index is -3.34. The van der Waals surface area contributed by atoms with Gasteiger partial charge in [-0.1, -0.05) is 12.1 Å². The molecule has 0 saturated carbocycles. The first-order valence-electron chi connectivity index (χ1n) is 9.66. The van der Waals surface area contributed by atoms with Crippen LogP contribution < -0.4 is 24.4 Å². The predicted octanol–water partition coefficient (Wildman–Crippen LogP) is 3.93. The largest absolute Gasteiger partial charge is 0.490 e. The summed E-state index contributed by atoms with van der Waals surface area (Å²) >= 11 is 5.44. The van der Waals surface area contributed by atoms with Crippen LogP contribution in [0.2, 0.25) is 0 Å². The zero-order valence-corrected chi connectivity index (χ0v) is 19.6. The number of nitrogens with one attached hydrogen (secondary N) is 2. The van der Waals surface area contributed by atoms with Gasteiger partial charge >= 0.3 is 0 Å². The summed E-state index contributed by atoms with van der Waals surface area (Å²) in [4.78, 5) is 0. The van der Waals surface area contributed by atoms with Crippen molar-refractivity contribution in [1.82, 2.24) is 5.32 Å². The van der Waals surface area contributed by atoms with Crippen LogP contribution in [0.15, 0.2) is 42.5 Å². The Hall–Kier alpha value is -2.52. The maximum absolute atomic E-state index is 11.8. The average molecular weight is 452 g/mol. The Morgan fingerprint density at radius 2 is 1.77 bits per heavy atom. The van der Waals surface area contributed by atoms with Gasteiger partial charge < -0.3 is 20.1 Å². The van der Waals surface area contributed by atoms with Crippen molar-refractivity contribution in [3.63, 3.8) is 0 Å². The first-order chi connectivity index (χ1) is 14.2. The van der Waals surface area contributed by atoms with E-state index in [1.807, 2.05) is 45.0 Å². The molecule has 2 aromatic carbocycles. The molecule has 2 aromatic rings. The summed E-state index contributed by atoms with van der Waals surface area (Å²) < 4.78 is 36.0. The molecular weight excluding hydrogens is 422 g/mol. The van der Waals surface area contributed by atoms with Crippen LogP contribution in [-0.2, 0) is 10.0 Å². The maximum atomic E-state index is 11.8. The summed E-state index contributed by atoms with van der Waals surface area (Å²) in [5.74, 6) is 1.41. The van der Waals surface area contributed by atoms with E-state index in [9.17, 15) is 8.42 Å². The summed E-state index contributed by atoms with van der Waals surface area (Å²) in [6, 6.07) is 12.8. The Labute approximate surface area is 184 Å². The van der Waals surface area contributed by atoms with E-state index in [2.05, 4.69) is 10.6 Å². The highest BCUT2D eigenvalue weighted by atomic mass is 32.2. The second kappa shape index (κ2) is 10.5. The number of nitrogens with zero attached hydrogens (tertiary/aromatic N) is 1. The molecule has 2 N–H and O–H groups in total. The fourth-order valence-corrected chi connectivity index (χ4v) is 3.55. The third-order valence-corrected chi connectivity index (χ3v) is 5.81. The summed E-state index contributed by atoms with van der Waals surface area (Å²) in [5.41, 5.74) is 2.23. The number of sulfonamides is 1. The monoisotopic (exact) mass is 451 g/mol. The van der Waals surface area contributed by atoms with Crippen LogP contribution in [0.4, 0.5) is 11.4 Å². The molecule has 2 rings (SSSR count). The van der Waals surface area contributed by atoms with E-state index in [0.717, 1.165) is 11.8 Å². The number of ether oxygens (including phenoxy) is 2. The lowest BCUT2D eigenvalue weighted by Crippen LogP contribution is -2.31. The third-order valence-electron chi connectivity index (χ3n) is 4.38. The summed E-state index contributed by atoms with van der Waals surface area (Å²) in [5, 5.41) is 6.76. The maximum Gasteiger partial charge on any atom is 0.231 e. The topological polar surface area (TPSA) is 79.9 Å². The van der Waals surface area contributed by atoms with Gasteiger partial charge in [0.05, 0.1) is 31.2 Å². The van der Waals surface area contributed by atoms with E-state index in [-0.39, 0.29) is 6.04 Å². The Morgan fingerprint density at radius 3 is 2.40 bits per heavy atom. The van der Waals surface area contributed by atoms with Crippen LogP contribution in [0.3, 0.4) is 0 Å². The van der Waals surface area contributed by atoms with Crippen LogP contribution in [0.5, 0.6) is 11.5 Å². The van der Waals surface area contributed by atoms with Crippen molar-refractivity contribution in [1.29, 1.82) is 0 Å². The molecule has 0 radical (unpaired) electrons. The average Bonchev–Trinajstić information content (AvgIpc) is 2.68. The molecule has 7 nitrogen and oxygen atoms in total. The highest BCUT2D eigenvalue weighted by molar-refractivity contribution is 7.92. The lowest BCUT2D eigenvalue weighted by atomic mass is 10.1. The standard InChI is InChI=1S/C21H29N3O4S2/c1-6-27-19-12-11-16(13-20(19)28-7-2)15(3)22-21(29)23-17-9-8-10-18(14-17)24(4)30(5,25)26/h8-15H,6-7H2,1-5H3,(H2,22,23,29).